The topological polar surface area (TPSA) is 49.4 Å². The number of hydrogen-bond acceptors (Lipinski definition) is 2. The molecule has 5 heteroatoms. The molecule has 1 aromatic carbocycles. The van der Waals surface area contributed by atoms with E-state index in [1.165, 1.54) is 0 Å². The summed E-state index contributed by atoms with van der Waals surface area (Å²) in [5, 5.41) is 2.94. The van der Waals surface area contributed by atoms with Crippen LogP contribution in [0.2, 0.25) is 0 Å². The molecule has 21 heavy (non-hydrogen) atoms. The normalized spacial score (nSPS) is 29.5. The molecule has 0 aromatic heterocycles. The van der Waals surface area contributed by atoms with E-state index in [4.69, 9.17) is 0 Å². The van der Waals surface area contributed by atoms with Gasteiger partial charge in [0.1, 0.15) is 11.6 Å². The summed E-state index contributed by atoms with van der Waals surface area (Å²) in [7, 11) is 0. The molecule has 0 spiro atoms. The van der Waals surface area contributed by atoms with Crippen molar-refractivity contribution < 1.29 is 9.59 Å². The number of carbonyl (C=O) groups is 2. The Morgan fingerprint density at radius 3 is 2.62 bits per heavy atom. The Morgan fingerprint density at radius 2 is 2.00 bits per heavy atom. The van der Waals surface area contributed by atoms with Gasteiger partial charge >= 0.3 is 0 Å². The summed E-state index contributed by atoms with van der Waals surface area (Å²) in [6.07, 6.45) is 2.03. The van der Waals surface area contributed by atoms with Crippen molar-refractivity contribution in [1.29, 1.82) is 0 Å². The van der Waals surface area contributed by atoms with Crippen LogP contribution in [0, 0.1) is 5.92 Å². The Balaban J connectivity index is 1.90. The quantitative estimate of drug-likeness (QED) is 0.910. The lowest BCUT2D eigenvalue weighted by Crippen LogP contribution is -2.69. The number of rotatable bonds is 3. The van der Waals surface area contributed by atoms with Crippen LogP contribution in [-0.2, 0) is 16.1 Å². The van der Waals surface area contributed by atoms with Crippen molar-refractivity contribution in [1.82, 2.24) is 10.2 Å². The monoisotopic (exact) mass is 350 g/mol. The third kappa shape index (κ3) is 2.48. The molecule has 2 amide bonds. The van der Waals surface area contributed by atoms with Crippen molar-refractivity contribution in [2.24, 2.45) is 5.92 Å². The zero-order valence-corrected chi connectivity index (χ0v) is 13.8. The molecule has 2 fully saturated rings. The van der Waals surface area contributed by atoms with Crippen LogP contribution >= 0.6 is 15.9 Å². The first-order valence-corrected chi connectivity index (χ1v) is 8.09. The molecule has 0 bridgehead atoms. The predicted molar refractivity (Wildman–Crippen MR) is 83.4 cm³/mol. The second-order valence-electron chi connectivity index (χ2n) is 6.17. The van der Waals surface area contributed by atoms with Gasteiger partial charge in [-0.25, -0.2) is 0 Å². The van der Waals surface area contributed by atoms with Crippen LogP contribution < -0.4 is 5.32 Å². The molecule has 2 aliphatic rings. The second kappa shape index (κ2) is 5.13. The van der Waals surface area contributed by atoms with Crippen LogP contribution in [0.3, 0.4) is 0 Å². The Hall–Kier alpha value is -1.36. The molecule has 1 saturated heterocycles. The molecule has 0 radical (unpaired) electrons. The van der Waals surface area contributed by atoms with Gasteiger partial charge < -0.3 is 10.2 Å². The van der Waals surface area contributed by atoms with Crippen LogP contribution in [-0.4, -0.2) is 28.3 Å². The number of hydrogen-bond donors (Lipinski definition) is 1. The summed E-state index contributed by atoms with van der Waals surface area (Å²) < 4.78 is 0.962. The smallest absolute Gasteiger partial charge is 0.249 e. The first-order valence-electron chi connectivity index (χ1n) is 7.30. The third-order valence-corrected chi connectivity index (χ3v) is 5.40. The van der Waals surface area contributed by atoms with Gasteiger partial charge in [-0.15, -0.1) is 0 Å². The number of piperazine rings is 1. The van der Waals surface area contributed by atoms with E-state index in [-0.39, 0.29) is 17.7 Å². The molecule has 1 aliphatic heterocycles. The standard InChI is InChI=1S/C16H19BrN2O2/c1-10-14(20)18-16(2,12-7-8-12)15(21)19(10)9-11-5-3-4-6-13(11)17/h3-6,10,12H,7-9H2,1-2H3,(H,18,20). The lowest BCUT2D eigenvalue weighted by molar-refractivity contribution is -0.155. The van der Waals surface area contributed by atoms with Gasteiger partial charge in [0.25, 0.3) is 0 Å². The molecule has 1 heterocycles. The molecule has 2 unspecified atom stereocenters. The third-order valence-electron chi connectivity index (χ3n) is 4.63. The van der Waals surface area contributed by atoms with Gasteiger partial charge in [0.05, 0.1) is 0 Å². The van der Waals surface area contributed by atoms with Gasteiger partial charge in [0.2, 0.25) is 11.8 Å². The van der Waals surface area contributed by atoms with Gasteiger partial charge in [0.15, 0.2) is 0 Å². The lowest BCUT2D eigenvalue weighted by atomic mass is 9.89. The first kappa shape index (κ1) is 14.6. The van der Waals surface area contributed by atoms with Gasteiger partial charge in [-0.05, 0) is 44.2 Å². The number of nitrogens with one attached hydrogen (secondary N) is 1. The maximum atomic E-state index is 12.9. The zero-order valence-electron chi connectivity index (χ0n) is 12.2. The van der Waals surface area contributed by atoms with Gasteiger partial charge in [0, 0.05) is 11.0 Å². The molecule has 1 aliphatic carbocycles. The Morgan fingerprint density at radius 1 is 1.33 bits per heavy atom. The van der Waals surface area contributed by atoms with Crippen LogP contribution in [0.15, 0.2) is 28.7 Å². The van der Waals surface area contributed by atoms with Crippen LogP contribution in [0.1, 0.15) is 32.3 Å². The highest BCUT2D eigenvalue weighted by atomic mass is 79.9. The Labute approximate surface area is 133 Å². The highest BCUT2D eigenvalue weighted by molar-refractivity contribution is 9.10. The summed E-state index contributed by atoms with van der Waals surface area (Å²) in [5.41, 5.74) is 0.288. The van der Waals surface area contributed by atoms with Crippen LogP contribution in [0.5, 0.6) is 0 Å². The number of nitrogens with zero attached hydrogens (tertiary/aromatic N) is 1. The van der Waals surface area contributed by atoms with E-state index in [0.29, 0.717) is 6.54 Å². The molecule has 112 valence electrons. The minimum Gasteiger partial charge on any atom is -0.340 e. The van der Waals surface area contributed by atoms with Crippen molar-refractivity contribution in [3.05, 3.63) is 34.3 Å². The maximum absolute atomic E-state index is 12.9. The summed E-state index contributed by atoms with van der Waals surface area (Å²) in [4.78, 5) is 26.9. The molecule has 3 rings (SSSR count). The van der Waals surface area contributed by atoms with Gasteiger partial charge in [-0.3, -0.25) is 9.59 Å². The number of carbonyl (C=O) groups excluding carboxylic acids is 2. The molecule has 1 aromatic rings. The van der Waals surface area contributed by atoms with E-state index in [9.17, 15) is 9.59 Å². The minimum atomic E-state index is -0.731. The average Bonchev–Trinajstić information content (AvgIpc) is 3.28. The lowest BCUT2D eigenvalue weighted by Gasteiger charge is -2.43. The highest BCUT2D eigenvalue weighted by Gasteiger charge is 2.54. The summed E-state index contributed by atoms with van der Waals surface area (Å²) in [6, 6.07) is 7.38. The van der Waals surface area contributed by atoms with Gasteiger partial charge in [-0.2, -0.15) is 0 Å². The molecule has 4 nitrogen and oxygen atoms in total. The van der Waals surface area contributed by atoms with E-state index in [0.717, 1.165) is 22.9 Å². The fourth-order valence-corrected chi connectivity index (χ4v) is 3.40. The first-order chi connectivity index (χ1) is 9.93. The van der Waals surface area contributed by atoms with Crippen molar-refractivity contribution in [3.63, 3.8) is 0 Å². The number of benzene rings is 1. The van der Waals surface area contributed by atoms with Crippen LogP contribution in [0.4, 0.5) is 0 Å². The van der Waals surface area contributed by atoms with Crippen LogP contribution in [0.25, 0.3) is 0 Å². The zero-order chi connectivity index (χ0) is 15.2. The largest absolute Gasteiger partial charge is 0.340 e. The van der Waals surface area contributed by atoms with Gasteiger partial charge in [-0.1, -0.05) is 34.1 Å². The maximum Gasteiger partial charge on any atom is 0.249 e. The van der Waals surface area contributed by atoms with Crippen molar-refractivity contribution in [2.45, 2.75) is 44.8 Å². The molecule has 1 N–H and O–H groups in total. The number of amides is 2. The van der Waals surface area contributed by atoms with E-state index in [1.807, 2.05) is 31.2 Å². The van der Waals surface area contributed by atoms with Crippen molar-refractivity contribution in [2.75, 3.05) is 0 Å². The minimum absolute atomic E-state index is 0.0350. The SMILES string of the molecule is CC1C(=O)NC(C)(C2CC2)C(=O)N1Cc1ccccc1Br. The second-order valence-corrected chi connectivity index (χ2v) is 7.02. The van der Waals surface area contributed by atoms with Crippen molar-refractivity contribution in [3.8, 4) is 0 Å². The number of halogens is 1. The molecular weight excluding hydrogens is 332 g/mol. The predicted octanol–water partition coefficient (Wildman–Crippen LogP) is 2.46. The Kier molecular flexibility index (Phi) is 3.56. The average molecular weight is 351 g/mol. The van der Waals surface area contributed by atoms with E-state index < -0.39 is 11.6 Å². The highest BCUT2D eigenvalue weighted by Crippen LogP contribution is 2.42. The summed E-state index contributed by atoms with van der Waals surface area (Å²) >= 11 is 3.51. The summed E-state index contributed by atoms with van der Waals surface area (Å²) in [6.45, 7) is 4.11. The summed E-state index contributed by atoms with van der Waals surface area (Å²) in [5.74, 6) is 0.257. The Bertz CT molecular complexity index is 600. The fraction of sp³-hybridized carbons (Fsp3) is 0.500. The molecular formula is C16H19BrN2O2. The van der Waals surface area contributed by atoms with E-state index in [1.54, 1.807) is 11.8 Å². The molecule has 1 saturated carbocycles. The fourth-order valence-electron chi connectivity index (χ4n) is 2.99. The van der Waals surface area contributed by atoms with E-state index >= 15 is 0 Å². The molecule has 2 atom stereocenters. The van der Waals surface area contributed by atoms with Crippen molar-refractivity contribution >= 4 is 27.7 Å². The van der Waals surface area contributed by atoms with E-state index in [2.05, 4.69) is 21.2 Å².